The van der Waals surface area contributed by atoms with E-state index >= 15 is 0 Å². The largest absolute Gasteiger partial charge is 0.478 e. The molecule has 24 heavy (non-hydrogen) atoms. The van der Waals surface area contributed by atoms with Crippen molar-refractivity contribution in [2.75, 3.05) is 10.7 Å². The number of halogens is 1. The Morgan fingerprint density at radius 1 is 1.25 bits per heavy atom. The smallest absolute Gasteiger partial charge is 0.337 e. The Kier molecular flexibility index (Phi) is 4.32. The summed E-state index contributed by atoms with van der Waals surface area (Å²) < 4.78 is 13.9. The fourth-order valence-corrected chi connectivity index (χ4v) is 3.98. The zero-order chi connectivity index (χ0) is 17.4. The van der Waals surface area contributed by atoms with E-state index in [1.807, 2.05) is 0 Å². The van der Waals surface area contributed by atoms with E-state index in [0.29, 0.717) is 22.4 Å². The SMILES string of the molecule is Cc1ccc(C2SCC(=O)N2c2c(C)cccc2C(=O)O)cc1F. The Morgan fingerprint density at radius 3 is 2.67 bits per heavy atom. The Balaban J connectivity index is 2.13. The van der Waals surface area contributed by atoms with E-state index in [1.54, 1.807) is 38.1 Å². The van der Waals surface area contributed by atoms with Crippen molar-refractivity contribution in [2.24, 2.45) is 0 Å². The molecule has 1 unspecified atom stereocenters. The van der Waals surface area contributed by atoms with E-state index < -0.39 is 11.3 Å². The van der Waals surface area contributed by atoms with Crippen molar-refractivity contribution < 1.29 is 19.1 Å². The molecule has 1 N–H and O–H groups in total. The lowest BCUT2D eigenvalue weighted by atomic mass is 10.0. The number of amides is 1. The summed E-state index contributed by atoms with van der Waals surface area (Å²) in [4.78, 5) is 25.5. The van der Waals surface area contributed by atoms with Gasteiger partial charge in [-0.05, 0) is 42.7 Å². The van der Waals surface area contributed by atoms with Gasteiger partial charge in [0.05, 0.1) is 17.0 Å². The Morgan fingerprint density at radius 2 is 2.00 bits per heavy atom. The number of para-hydroxylation sites is 1. The first kappa shape index (κ1) is 16.5. The third-order valence-electron chi connectivity index (χ3n) is 4.06. The molecule has 0 aliphatic carbocycles. The first-order chi connectivity index (χ1) is 11.4. The topological polar surface area (TPSA) is 57.6 Å². The maximum atomic E-state index is 13.9. The van der Waals surface area contributed by atoms with E-state index in [0.717, 1.165) is 0 Å². The summed E-state index contributed by atoms with van der Waals surface area (Å²) in [5, 5.41) is 9.03. The van der Waals surface area contributed by atoms with Gasteiger partial charge in [-0.15, -0.1) is 11.8 Å². The Labute approximate surface area is 143 Å². The number of hydrogen-bond donors (Lipinski definition) is 1. The molecule has 1 aliphatic rings. The number of carbonyl (C=O) groups excluding carboxylic acids is 1. The normalized spacial score (nSPS) is 17.4. The minimum Gasteiger partial charge on any atom is -0.478 e. The van der Waals surface area contributed by atoms with Crippen LogP contribution in [0.3, 0.4) is 0 Å². The quantitative estimate of drug-likeness (QED) is 0.916. The molecule has 3 rings (SSSR count). The van der Waals surface area contributed by atoms with Crippen molar-refractivity contribution in [1.82, 2.24) is 0 Å². The molecule has 1 saturated heterocycles. The van der Waals surface area contributed by atoms with Gasteiger partial charge in [0.1, 0.15) is 11.2 Å². The van der Waals surface area contributed by atoms with Crippen LogP contribution in [0.1, 0.15) is 32.4 Å². The minimum absolute atomic E-state index is 0.0726. The first-order valence-electron chi connectivity index (χ1n) is 7.42. The number of thioether (sulfide) groups is 1. The summed E-state index contributed by atoms with van der Waals surface area (Å²) >= 11 is 1.37. The number of aryl methyl sites for hydroxylation is 2. The fraction of sp³-hybridized carbons (Fsp3) is 0.222. The number of nitrogens with zero attached hydrogens (tertiary/aromatic N) is 1. The predicted octanol–water partition coefficient (Wildman–Crippen LogP) is 3.92. The van der Waals surface area contributed by atoms with Crippen LogP contribution < -0.4 is 4.90 Å². The van der Waals surface area contributed by atoms with Crippen molar-refractivity contribution >= 4 is 29.3 Å². The number of carboxylic acid groups (broad SMARTS) is 1. The van der Waals surface area contributed by atoms with Gasteiger partial charge in [0.25, 0.3) is 0 Å². The third kappa shape index (κ3) is 2.78. The summed E-state index contributed by atoms with van der Waals surface area (Å²) in [6, 6.07) is 9.76. The second-order valence-corrected chi connectivity index (χ2v) is 6.78. The maximum absolute atomic E-state index is 13.9. The van der Waals surface area contributed by atoms with Crippen molar-refractivity contribution in [3.05, 3.63) is 64.5 Å². The van der Waals surface area contributed by atoms with Crippen LogP contribution in [0.25, 0.3) is 0 Å². The molecule has 1 atom stereocenters. The molecule has 1 amide bonds. The summed E-state index contributed by atoms with van der Waals surface area (Å²) in [6.45, 7) is 3.44. The van der Waals surface area contributed by atoms with Gasteiger partial charge in [-0.1, -0.05) is 24.3 Å². The summed E-state index contributed by atoms with van der Waals surface area (Å²) in [6.07, 6.45) is 0. The van der Waals surface area contributed by atoms with Crippen LogP contribution in [0.15, 0.2) is 36.4 Å². The number of aromatic carboxylic acids is 1. The van der Waals surface area contributed by atoms with Gasteiger partial charge in [0, 0.05) is 0 Å². The highest BCUT2D eigenvalue weighted by Gasteiger charge is 2.37. The number of carboxylic acids is 1. The number of rotatable bonds is 3. The number of anilines is 1. The van der Waals surface area contributed by atoms with E-state index in [4.69, 9.17) is 0 Å². The van der Waals surface area contributed by atoms with Crippen LogP contribution in [0, 0.1) is 19.7 Å². The highest BCUT2D eigenvalue weighted by atomic mass is 32.2. The van der Waals surface area contributed by atoms with Crippen LogP contribution in [0.5, 0.6) is 0 Å². The molecule has 2 aromatic carbocycles. The number of carbonyl (C=O) groups is 2. The lowest BCUT2D eigenvalue weighted by Crippen LogP contribution is -2.30. The highest BCUT2D eigenvalue weighted by Crippen LogP contribution is 2.44. The molecule has 0 bridgehead atoms. The lowest BCUT2D eigenvalue weighted by molar-refractivity contribution is -0.115. The van der Waals surface area contributed by atoms with Crippen LogP contribution in [0.2, 0.25) is 0 Å². The zero-order valence-corrected chi connectivity index (χ0v) is 14.1. The molecular formula is C18H16FNO3S. The standard InChI is InChI=1S/C18H16FNO3S/c1-10-6-7-12(8-14(10)19)17-20(15(21)9-24-17)16-11(2)4-3-5-13(16)18(22)23/h3-8,17H,9H2,1-2H3,(H,22,23). The second-order valence-electron chi connectivity index (χ2n) is 5.71. The Hall–Kier alpha value is -2.34. The minimum atomic E-state index is -1.09. The van der Waals surface area contributed by atoms with Crippen molar-refractivity contribution in [3.63, 3.8) is 0 Å². The fourth-order valence-electron chi connectivity index (χ4n) is 2.83. The molecule has 0 saturated carbocycles. The van der Waals surface area contributed by atoms with E-state index in [9.17, 15) is 19.1 Å². The molecule has 4 nitrogen and oxygen atoms in total. The van der Waals surface area contributed by atoms with Crippen molar-refractivity contribution in [3.8, 4) is 0 Å². The van der Waals surface area contributed by atoms with Crippen molar-refractivity contribution in [2.45, 2.75) is 19.2 Å². The zero-order valence-electron chi connectivity index (χ0n) is 13.2. The summed E-state index contributed by atoms with van der Waals surface area (Å²) in [5.41, 5.74) is 2.33. The van der Waals surface area contributed by atoms with Gasteiger partial charge < -0.3 is 5.11 Å². The van der Waals surface area contributed by atoms with Crippen LogP contribution in [-0.2, 0) is 4.79 Å². The van der Waals surface area contributed by atoms with Gasteiger partial charge in [-0.25, -0.2) is 9.18 Å². The van der Waals surface area contributed by atoms with Gasteiger partial charge in [0.2, 0.25) is 5.91 Å². The molecule has 0 radical (unpaired) electrons. The van der Waals surface area contributed by atoms with Gasteiger partial charge in [-0.3, -0.25) is 9.69 Å². The first-order valence-corrected chi connectivity index (χ1v) is 8.47. The molecule has 1 aliphatic heterocycles. The van der Waals surface area contributed by atoms with Crippen LogP contribution in [0.4, 0.5) is 10.1 Å². The lowest BCUT2D eigenvalue weighted by Gasteiger charge is -2.27. The highest BCUT2D eigenvalue weighted by molar-refractivity contribution is 8.00. The van der Waals surface area contributed by atoms with Gasteiger partial charge in [-0.2, -0.15) is 0 Å². The molecule has 6 heteroatoms. The monoisotopic (exact) mass is 345 g/mol. The van der Waals surface area contributed by atoms with E-state index in [-0.39, 0.29) is 23.0 Å². The number of benzene rings is 2. The molecule has 124 valence electrons. The molecule has 1 fully saturated rings. The molecule has 0 aromatic heterocycles. The molecule has 1 heterocycles. The molecule has 2 aromatic rings. The molecular weight excluding hydrogens is 329 g/mol. The van der Waals surface area contributed by atoms with E-state index in [1.165, 1.54) is 28.8 Å². The predicted molar refractivity (Wildman–Crippen MR) is 92.0 cm³/mol. The average molecular weight is 345 g/mol. The second kappa shape index (κ2) is 6.28. The van der Waals surface area contributed by atoms with Crippen LogP contribution >= 0.6 is 11.8 Å². The molecule has 0 spiro atoms. The van der Waals surface area contributed by atoms with Gasteiger partial charge >= 0.3 is 5.97 Å². The summed E-state index contributed by atoms with van der Waals surface area (Å²) in [5.74, 6) is -1.38. The van der Waals surface area contributed by atoms with Crippen molar-refractivity contribution in [1.29, 1.82) is 0 Å². The van der Waals surface area contributed by atoms with Gasteiger partial charge in [0.15, 0.2) is 0 Å². The average Bonchev–Trinajstić information content (AvgIpc) is 2.91. The Bertz CT molecular complexity index is 837. The van der Waals surface area contributed by atoms with E-state index in [2.05, 4.69) is 0 Å². The third-order valence-corrected chi connectivity index (χ3v) is 5.27. The maximum Gasteiger partial charge on any atom is 0.337 e. The van der Waals surface area contributed by atoms with Crippen LogP contribution in [-0.4, -0.2) is 22.7 Å². The summed E-state index contributed by atoms with van der Waals surface area (Å²) in [7, 11) is 0. The number of hydrogen-bond acceptors (Lipinski definition) is 3.